The van der Waals surface area contributed by atoms with Crippen molar-refractivity contribution in [2.24, 2.45) is 4.99 Å². The van der Waals surface area contributed by atoms with Crippen molar-refractivity contribution in [2.75, 3.05) is 47.6 Å². The lowest BCUT2D eigenvalue weighted by Crippen LogP contribution is -2.37. The number of rotatable bonds is 12. The second-order valence-electron chi connectivity index (χ2n) is 5.16. The number of hydrogen-bond acceptors (Lipinski definition) is 5. The number of halogens is 3. The quantitative estimate of drug-likeness (QED) is 0.198. The van der Waals surface area contributed by atoms with Crippen LogP contribution in [0.5, 0.6) is 11.5 Å². The molecular weight excluding hydrogens is 475 g/mol. The van der Waals surface area contributed by atoms with E-state index in [0.717, 1.165) is 6.42 Å². The van der Waals surface area contributed by atoms with Gasteiger partial charge in [0.2, 0.25) is 0 Å². The second-order valence-corrected chi connectivity index (χ2v) is 5.16. The first-order chi connectivity index (χ1) is 12.6. The van der Waals surface area contributed by atoms with E-state index in [2.05, 4.69) is 20.4 Å². The number of nitrogens with one attached hydrogen (secondary N) is 2. The monoisotopic (exact) mass is 503 g/mol. The van der Waals surface area contributed by atoms with Gasteiger partial charge in [-0.1, -0.05) is 0 Å². The molecule has 0 aliphatic rings. The van der Waals surface area contributed by atoms with Crippen LogP contribution in [0, 0.1) is 0 Å². The molecular formula is C17H28F2IN3O4. The first-order valence-corrected chi connectivity index (χ1v) is 8.23. The predicted molar refractivity (Wildman–Crippen MR) is 111 cm³/mol. The molecule has 0 saturated carbocycles. The van der Waals surface area contributed by atoms with Crippen molar-refractivity contribution in [2.45, 2.75) is 19.6 Å². The fraction of sp³-hybridized carbons (Fsp3) is 0.588. The Hall–Kier alpha value is -1.40. The van der Waals surface area contributed by atoms with Gasteiger partial charge in [0.1, 0.15) is 11.5 Å². The molecule has 0 unspecified atom stereocenters. The normalized spacial score (nSPS) is 11.1. The molecule has 10 heteroatoms. The molecule has 0 aliphatic carbocycles. The van der Waals surface area contributed by atoms with Crippen molar-refractivity contribution in [1.29, 1.82) is 0 Å². The van der Waals surface area contributed by atoms with E-state index in [4.69, 9.17) is 14.2 Å². The Morgan fingerprint density at radius 2 is 1.93 bits per heavy atom. The van der Waals surface area contributed by atoms with Crippen LogP contribution in [0.1, 0.15) is 12.0 Å². The Bertz CT molecular complexity index is 551. The van der Waals surface area contributed by atoms with Crippen molar-refractivity contribution < 1.29 is 27.7 Å². The molecule has 0 atom stereocenters. The minimum Gasteiger partial charge on any atom is -0.497 e. The molecule has 0 saturated heterocycles. The highest BCUT2D eigenvalue weighted by molar-refractivity contribution is 14.0. The summed E-state index contributed by atoms with van der Waals surface area (Å²) >= 11 is 0. The Balaban J connectivity index is 0.00000676. The minimum atomic E-state index is -2.89. The average molecular weight is 503 g/mol. The molecule has 0 fully saturated rings. The molecule has 0 bridgehead atoms. The van der Waals surface area contributed by atoms with Crippen molar-refractivity contribution in [3.05, 3.63) is 23.8 Å². The van der Waals surface area contributed by atoms with E-state index in [-0.39, 0.29) is 36.3 Å². The second kappa shape index (κ2) is 15.6. The molecule has 2 N–H and O–H groups in total. The topological polar surface area (TPSA) is 73.3 Å². The molecule has 0 radical (unpaired) electrons. The number of aliphatic imine (C=N–C) groups is 1. The Morgan fingerprint density at radius 3 is 2.56 bits per heavy atom. The van der Waals surface area contributed by atoms with Crippen LogP contribution in [0.2, 0.25) is 0 Å². The van der Waals surface area contributed by atoms with Crippen molar-refractivity contribution in [3.8, 4) is 11.5 Å². The zero-order valence-electron chi connectivity index (χ0n) is 15.8. The van der Waals surface area contributed by atoms with E-state index >= 15 is 0 Å². The van der Waals surface area contributed by atoms with Crippen LogP contribution in [0.4, 0.5) is 8.78 Å². The van der Waals surface area contributed by atoms with Crippen LogP contribution >= 0.6 is 24.0 Å². The molecule has 0 amide bonds. The van der Waals surface area contributed by atoms with Gasteiger partial charge >= 0.3 is 6.61 Å². The molecule has 156 valence electrons. The molecule has 1 aromatic carbocycles. The van der Waals surface area contributed by atoms with Crippen LogP contribution in [-0.4, -0.2) is 60.2 Å². The number of alkyl halides is 2. The van der Waals surface area contributed by atoms with E-state index in [1.165, 1.54) is 13.2 Å². The summed E-state index contributed by atoms with van der Waals surface area (Å²) in [4.78, 5) is 4.10. The number of guanidine groups is 1. The van der Waals surface area contributed by atoms with Gasteiger partial charge in [0.05, 0.1) is 20.3 Å². The van der Waals surface area contributed by atoms with Crippen LogP contribution in [0.15, 0.2) is 23.2 Å². The van der Waals surface area contributed by atoms with Gasteiger partial charge in [0.15, 0.2) is 5.96 Å². The summed E-state index contributed by atoms with van der Waals surface area (Å²) in [6.45, 7) is -0.242. The van der Waals surface area contributed by atoms with Crippen LogP contribution < -0.4 is 20.1 Å². The zero-order chi connectivity index (χ0) is 19.2. The molecule has 7 nitrogen and oxygen atoms in total. The molecule has 27 heavy (non-hydrogen) atoms. The molecule has 1 aromatic rings. The molecule has 0 heterocycles. The highest BCUT2D eigenvalue weighted by Gasteiger charge is 2.11. The third-order valence-electron chi connectivity index (χ3n) is 3.34. The number of hydrogen-bond donors (Lipinski definition) is 2. The zero-order valence-corrected chi connectivity index (χ0v) is 18.1. The Labute approximate surface area is 175 Å². The first-order valence-electron chi connectivity index (χ1n) is 8.23. The molecule has 0 aliphatic heterocycles. The van der Waals surface area contributed by atoms with Crippen LogP contribution in [0.25, 0.3) is 0 Å². The summed E-state index contributed by atoms with van der Waals surface area (Å²) in [6, 6.07) is 4.66. The van der Waals surface area contributed by atoms with E-state index in [1.54, 1.807) is 26.3 Å². The maximum Gasteiger partial charge on any atom is 0.387 e. The van der Waals surface area contributed by atoms with E-state index < -0.39 is 6.61 Å². The number of benzene rings is 1. The SMILES string of the molecule is CN=C(NCCCOCCOC)NCc1cc(OC)ccc1OC(F)F.I. The third-order valence-corrected chi connectivity index (χ3v) is 3.34. The number of methoxy groups -OCH3 is 2. The van der Waals surface area contributed by atoms with Crippen LogP contribution in [-0.2, 0) is 16.0 Å². The third kappa shape index (κ3) is 11.1. The standard InChI is InChI=1S/C17H27F2N3O4.HI/c1-20-17(21-7-4-8-25-10-9-23-2)22-12-13-11-14(24-3)5-6-15(13)26-16(18)19;/h5-6,11,16H,4,7-10,12H2,1-3H3,(H2,20,21,22);1H. The number of ether oxygens (including phenoxy) is 4. The number of nitrogens with zero attached hydrogens (tertiary/aromatic N) is 1. The lowest BCUT2D eigenvalue weighted by molar-refractivity contribution is -0.0504. The summed E-state index contributed by atoms with van der Waals surface area (Å²) in [5.74, 6) is 1.20. The molecule has 0 aromatic heterocycles. The van der Waals surface area contributed by atoms with Crippen LogP contribution in [0.3, 0.4) is 0 Å². The predicted octanol–water partition coefficient (Wildman–Crippen LogP) is 2.63. The van der Waals surface area contributed by atoms with E-state index in [1.807, 2.05) is 0 Å². The van der Waals surface area contributed by atoms with Gasteiger partial charge < -0.3 is 29.6 Å². The van der Waals surface area contributed by atoms with Gasteiger partial charge in [-0.15, -0.1) is 24.0 Å². The van der Waals surface area contributed by atoms with Gasteiger partial charge in [0, 0.05) is 39.4 Å². The van der Waals surface area contributed by atoms with Crippen molar-refractivity contribution in [1.82, 2.24) is 10.6 Å². The van der Waals surface area contributed by atoms with Crippen molar-refractivity contribution >= 4 is 29.9 Å². The van der Waals surface area contributed by atoms with Gasteiger partial charge in [-0.25, -0.2) is 0 Å². The maximum absolute atomic E-state index is 12.5. The Morgan fingerprint density at radius 1 is 1.15 bits per heavy atom. The fourth-order valence-corrected chi connectivity index (χ4v) is 2.06. The van der Waals surface area contributed by atoms with Gasteiger partial charge in [0.25, 0.3) is 0 Å². The largest absolute Gasteiger partial charge is 0.497 e. The maximum atomic E-state index is 12.5. The average Bonchev–Trinajstić information content (AvgIpc) is 2.64. The summed E-state index contributed by atoms with van der Waals surface area (Å²) in [5.41, 5.74) is 0.537. The highest BCUT2D eigenvalue weighted by atomic mass is 127. The molecule has 1 rings (SSSR count). The first kappa shape index (κ1) is 25.6. The molecule has 0 spiro atoms. The summed E-state index contributed by atoms with van der Waals surface area (Å²) < 4.78 is 45.0. The minimum absolute atomic E-state index is 0. The van der Waals surface area contributed by atoms with E-state index in [0.29, 0.717) is 43.6 Å². The smallest absolute Gasteiger partial charge is 0.387 e. The fourth-order valence-electron chi connectivity index (χ4n) is 2.06. The summed E-state index contributed by atoms with van der Waals surface area (Å²) in [7, 11) is 4.77. The van der Waals surface area contributed by atoms with Gasteiger partial charge in [-0.05, 0) is 24.6 Å². The van der Waals surface area contributed by atoms with Gasteiger partial charge in [-0.2, -0.15) is 8.78 Å². The Kier molecular flexibility index (Phi) is 14.8. The summed E-state index contributed by atoms with van der Waals surface area (Å²) in [5, 5.41) is 6.19. The van der Waals surface area contributed by atoms with Gasteiger partial charge in [-0.3, -0.25) is 4.99 Å². The highest BCUT2D eigenvalue weighted by Crippen LogP contribution is 2.25. The summed E-state index contributed by atoms with van der Waals surface area (Å²) in [6.07, 6.45) is 0.795. The van der Waals surface area contributed by atoms with Crippen molar-refractivity contribution in [3.63, 3.8) is 0 Å². The van der Waals surface area contributed by atoms with E-state index in [9.17, 15) is 8.78 Å². The lowest BCUT2D eigenvalue weighted by atomic mass is 10.2. The lowest BCUT2D eigenvalue weighted by Gasteiger charge is -2.15.